The third kappa shape index (κ3) is 2.85. The van der Waals surface area contributed by atoms with Crippen molar-refractivity contribution in [2.45, 2.75) is 33.9 Å². The highest BCUT2D eigenvalue weighted by Gasteiger charge is 2.14. The summed E-state index contributed by atoms with van der Waals surface area (Å²) in [5.74, 6) is -0.209. The van der Waals surface area contributed by atoms with Crippen molar-refractivity contribution < 1.29 is 4.79 Å². The molecule has 0 unspecified atom stereocenters. The van der Waals surface area contributed by atoms with Crippen LogP contribution in [0.1, 0.15) is 18.1 Å². The Morgan fingerprint density at radius 3 is 2.29 bits per heavy atom. The fourth-order valence-corrected chi connectivity index (χ4v) is 2.89. The van der Waals surface area contributed by atoms with E-state index in [9.17, 15) is 9.59 Å². The number of carbonyl (C=O) groups is 1. The van der Waals surface area contributed by atoms with Gasteiger partial charge in [-0.1, -0.05) is 18.2 Å². The number of carbonyl (C=O) groups excluding carboxylic acids is 1. The number of hydrogen-bond acceptors (Lipinski definition) is 2. The number of aromatic nitrogens is 2. The SMILES string of the molecule is CCn1c(=O)n(CC(=O)Nc2ccc(C)c(C)c2)c2ccccc21. The minimum atomic E-state index is -0.209. The number of amides is 1. The molecule has 0 aliphatic heterocycles. The van der Waals surface area contributed by atoms with Gasteiger partial charge < -0.3 is 5.32 Å². The van der Waals surface area contributed by atoms with E-state index in [2.05, 4.69) is 5.32 Å². The lowest BCUT2D eigenvalue weighted by Gasteiger charge is -2.08. The molecule has 1 N–H and O–H groups in total. The van der Waals surface area contributed by atoms with Crippen LogP contribution in [0.5, 0.6) is 0 Å². The molecule has 0 aliphatic rings. The van der Waals surface area contributed by atoms with E-state index in [1.54, 1.807) is 4.57 Å². The molecular formula is C19H21N3O2. The first-order valence-electron chi connectivity index (χ1n) is 8.06. The van der Waals surface area contributed by atoms with Crippen molar-refractivity contribution in [1.29, 1.82) is 0 Å². The van der Waals surface area contributed by atoms with E-state index in [0.717, 1.165) is 22.3 Å². The highest BCUT2D eigenvalue weighted by molar-refractivity contribution is 5.91. The molecule has 2 aromatic carbocycles. The van der Waals surface area contributed by atoms with Crippen LogP contribution in [0.25, 0.3) is 11.0 Å². The van der Waals surface area contributed by atoms with Gasteiger partial charge in [0, 0.05) is 12.2 Å². The normalized spacial score (nSPS) is 11.0. The summed E-state index contributed by atoms with van der Waals surface area (Å²) in [6, 6.07) is 13.3. The number of aryl methyl sites for hydroxylation is 3. The topological polar surface area (TPSA) is 56.0 Å². The molecule has 1 amide bonds. The predicted octanol–water partition coefficient (Wildman–Crippen LogP) is 3.08. The summed E-state index contributed by atoms with van der Waals surface area (Å²) in [5.41, 5.74) is 4.51. The molecule has 1 aromatic heterocycles. The largest absolute Gasteiger partial charge is 0.329 e. The Hall–Kier alpha value is -2.82. The first-order chi connectivity index (χ1) is 11.5. The third-order valence-corrected chi connectivity index (χ3v) is 4.33. The molecule has 0 atom stereocenters. The van der Waals surface area contributed by atoms with Crippen molar-refractivity contribution in [3.8, 4) is 0 Å². The zero-order chi connectivity index (χ0) is 17.3. The number of imidazole rings is 1. The van der Waals surface area contributed by atoms with E-state index in [4.69, 9.17) is 0 Å². The van der Waals surface area contributed by atoms with Crippen molar-refractivity contribution in [3.63, 3.8) is 0 Å². The molecule has 0 saturated carbocycles. The second-order valence-corrected chi connectivity index (χ2v) is 5.95. The van der Waals surface area contributed by atoms with E-state index >= 15 is 0 Å². The summed E-state index contributed by atoms with van der Waals surface area (Å²) in [4.78, 5) is 24.9. The molecule has 0 radical (unpaired) electrons. The Morgan fingerprint density at radius 1 is 1.00 bits per heavy atom. The van der Waals surface area contributed by atoms with Gasteiger partial charge in [-0.2, -0.15) is 0 Å². The number of para-hydroxylation sites is 2. The smallest absolute Gasteiger partial charge is 0.325 e. The fourth-order valence-electron chi connectivity index (χ4n) is 2.89. The average Bonchev–Trinajstić information content (AvgIpc) is 2.83. The number of fused-ring (bicyclic) bond motifs is 1. The van der Waals surface area contributed by atoms with Crippen LogP contribution in [-0.2, 0) is 17.9 Å². The molecule has 3 aromatic rings. The van der Waals surface area contributed by atoms with Crippen molar-refractivity contribution in [2.75, 3.05) is 5.32 Å². The lowest BCUT2D eigenvalue weighted by Crippen LogP contribution is -2.29. The molecule has 0 saturated heterocycles. The lowest BCUT2D eigenvalue weighted by atomic mass is 10.1. The molecule has 0 aliphatic carbocycles. The number of benzene rings is 2. The van der Waals surface area contributed by atoms with Gasteiger partial charge in [0.2, 0.25) is 5.91 Å². The molecule has 3 rings (SSSR count). The minimum Gasteiger partial charge on any atom is -0.325 e. The van der Waals surface area contributed by atoms with Crippen LogP contribution in [0.2, 0.25) is 0 Å². The van der Waals surface area contributed by atoms with Crippen LogP contribution in [0, 0.1) is 13.8 Å². The van der Waals surface area contributed by atoms with Crippen LogP contribution >= 0.6 is 0 Å². The van der Waals surface area contributed by atoms with Gasteiger partial charge >= 0.3 is 5.69 Å². The van der Waals surface area contributed by atoms with Crippen molar-refractivity contribution >= 4 is 22.6 Å². The van der Waals surface area contributed by atoms with Gasteiger partial charge in [-0.25, -0.2) is 4.79 Å². The van der Waals surface area contributed by atoms with E-state index in [1.807, 2.05) is 63.2 Å². The molecule has 5 nitrogen and oxygen atoms in total. The summed E-state index contributed by atoms with van der Waals surface area (Å²) >= 11 is 0. The molecule has 124 valence electrons. The highest BCUT2D eigenvalue weighted by Crippen LogP contribution is 2.15. The zero-order valence-electron chi connectivity index (χ0n) is 14.2. The number of nitrogens with one attached hydrogen (secondary N) is 1. The summed E-state index contributed by atoms with van der Waals surface area (Å²) in [7, 11) is 0. The first kappa shape index (κ1) is 16.1. The number of anilines is 1. The van der Waals surface area contributed by atoms with Crippen molar-refractivity contribution in [2.24, 2.45) is 0 Å². The monoisotopic (exact) mass is 323 g/mol. The van der Waals surface area contributed by atoms with Gasteiger partial charge in [0.15, 0.2) is 0 Å². The molecule has 0 spiro atoms. The Kier molecular flexibility index (Phi) is 4.25. The maximum absolute atomic E-state index is 12.6. The van der Waals surface area contributed by atoms with Crippen LogP contribution in [0.4, 0.5) is 5.69 Å². The summed E-state index contributed by atoms with van der Waals surface area (Å²) in [6.07, 6.45) is 0. The maximum Gasteiger partial charge on any atom is 0.329 e. The quantitative estimate of drug-likeness (QED) is 0.802. The summed E-state index contributed by atoms with van der Waals surface area (Å²) in [6.45, 7) is 6.53. The van der Waals surface area contributed by atoms with Gasteiger partial charge in [-0.15, -0.1) is 0 Å². The van der Waals surface area contributed by atoms with Gasteiger partial charge in [-0.05, 0) is 56.2 Å². The second-order valence-electron chi connectivity index (χ2n) is 5.95. The van der Waals surface area contributed by atoms with Crippen LogP contribution in [-0.4, -0.2) is 15.0 Å². The Bertz CT molecular complexity index is 966. The molecule has 0 bridgehead atoms. The molecular weight excluding hydrogens is 302 g/mol. The summed E-state index contributed by atoms with van der Waals surface area (Å²) < 4.78 is 3.20. The predicted molar refractivity (Wildman–Crippen MR) is 96.4 cm³/mol. The van der Waals surface area contributed by atoms with E-state index in [0.29, 0.717) is 6.54 Å². The third-order valence-electron chi connectivity index (χ3n) is 4.33. The molecule has 24 heavy (non-hydrogen) atoms. The Labute approximate surface area is 140 Å². The first-order valence-corrected chi connectivity index (χ1v) is 8.06. The van der Waals surface area contributed by atoms with E-state index < -0.39 is 0 Å². The van der Waals surface area contributed by atoms with Crippen molar-refractivity contribution in [3.05, 3.63) is 64.1 Å². The second kappa shape index (κ2) is 6.35. The maximum atomic E-state index is 12.6. The van der Waals surface area contributed by atoms with Gasteiger partial charge in [0.1, 0.15) is 6.54 Å². The average molecular weight is 323 g/mol. The number of hydrogen-bond donors (Lipinski definition) is 1. The van der Waals surface area contributed by atoms with E-state index in [-0.39, 0.29) is 18.1 Å². The minimum absolute atomic E-state index is 0.000723. The number of nitrogens with zero attached hydrogens (tertiary/aromatic N) is 2. The highest BCUT2D eigenvalue weighted by atomic mass is 16.2. The van der Waals surface area contributed by atoms with Crippen LogP contribution < -0.4 is 11.0 Å². The Morgan fingerprint density at radius 2 is 1.67 bits per heavy atom. The Balaban J connectivity index is 1.89. The van der Waals surface area contributed by atoms with E-state index in [1.165, 1.54) is 10.1 Å². The lowest BCUT2D eigenvalue weighted by molar-refractivity contribution is -0.116. The van der Waals surface area contributed by atoms with Crippen LogP contribution in [0.3, 0.4) is 0 Å². The molecule has 0 fully saturated rings. The van der Waals surface area contributed by atoms with Gasteiger partial charge in [0.05, 0.1) is 11.0 Å². The zero-order valence-corrected chi connectivity index (χ0v) is 14.2. The molecule has 1 heterocycles. The van der Waals surface area contributed by atoms with Crippen LogP contribution in [0.15, 0.2) is 47.3 Å². The number of rotatable bonds is 4. The summed E-state index contributed by atoms with van der Waals surface area (Å²) in [5, 5.41) is 2.87. The standard InChI is InChI=1S/C19H21N3O2/c1-4-21-16-7-5-6-8-17(16)22(19(21)24)12-18(23)20-15-10-9-13(2)14(3)11-15/h5-11H,4,12H2,1-3H3,(H,20,23). The fraction of sp³-hybridized carbons (Fsp3) is 0.263. The van der Waals surface area contributed by atoms with Gasteiger partial charge in [0.25, 0.3) is 0 Å². The van der Waals surface area contributed by atoms with Crippen molar-refractivity contribution in [1.82, 2.24) is 9.13 Å². The molecule has 5 heteroatoms. The van der Waals surface area contributed by atoms with Gasteiger partial charge in [-0.3, -0.25) is 13.9 Å².